The van der Waals surface area contributed by atoms with Crippen molar-refractivity contribution in [1.82, 2.24) is 19.5 Å². The van der Waals surface area contributed by atoms with Crippen molar-refractivity contribution in [1.29, 1.82) is 0 Å². The molecule has 26 heteroatoms. The second-order valence-corrected chi connectivity index (χ2v) is 10.9. The molecule has 0 aliphatic rings. The molecule has 3 unspecified atom stereocenters. The Morgan fingerprint density at radius 2 is 1.72 bits per heavy atom. The quantitative estimate of drug-likeness (QED) is 0.0980. The number of rotatable bonds is 12. The lowest BCUT2D eigenvalue weighted by atomic mass is 9.61. The van der Waals surface area contributed by atoms with Crippen LogP contribution in [0.15, 0.2) is 4.79 Å². The molecule has 0 aromatic carbocycles. The minimum absolute atomic E-state index is 0.464. The van der Waals surface area contributed by atoms with Crippen molar-refractivity contribution in [2.75, 3.05) is 19.0 Å². The maximum Gasteiger partial charge on any atom is 0.490 e. The minimum atomic E-state index is -6.18. The Labute approximate surface area is 201 Å². The molecule has 0 aliphatic carbocycles. The molecule has 0 fully saturated rings. The molecule has 0 saturated heterocycles. The molecule has 0 saturated carbocycles. The molecule has 0 bridgehead atoms. The summed E-state index contributed by atoms with van der Waals surface area (Å²) in [5.41, 5.74) is 2.67. The van der Waals surface area contributed by atoms with Crippen LogP contribution < -0.4 is 17.0 Å². The van der Waals surface area contributed by atoms with Crippen molar-refractivity contribution in [2.45, 2.75) is 17.5 Å². The number of alkyl halides is 2. The van der Waals surface area contributed by atoms with E-state index >= 15 is 4.39 Å². The number of ether oxygens (including phenoxy) is 1. The highest BCUT2D eigenvalue weighted by Crippen LogP contribution is 2.67. The first-order chi connectivity index (χ1) is 16.2. The summed E-state index contributed by atoms with van der Waals surface area (Å²) in [6.45, 7) is -3.70. The number of hydrogen-bond acceptors (Lipinski definition) is 12. The van der Waals surface area contributed by atoms with E-state index in [1.54, 1.807) is 0 Å². The SMILES string of the molecule is [B]c1nc2c(=O)[nH]c(N)nc2n1C(CF)O[C@@](F)(CO)C([B])([B])OP(=O)(O)OP(=O)(O)OP(=O)(O)O. The highest BCUT2D eigenvalue weighted by atomic mass is 31.3. The molecule has 194 valence electrons. The smallest absolute Gasteiger partial charge is 0.390 e. The zero-order valence-electron chi connectivity index (χ0n) is 17.2. The maximum absolute atomic E-state index is 15.5. The summed E-state index contributed by atoms with van der Waals surface area (Å²) in [7, 11) is -1.96. The average molecular weight is 575 g/mol. The molecule has 0 amide bonds. The number of nitrogens with zero attached hydrogens (tertiary/aromatic N) is 3. The summed E-state index contributed by atoms with van der Waals surface area (Å²) in [6.07, 6.45) is -2.32. The molecule has 8 N–H and O–H groups in total. The van der Waals surface area contributed by atoms with Crippen molar-refractivity contribution >= 4 is 69.8 Å². The minimum Gasteiger partial charge on any atom is -0.390 e. The Morgan fingerprint density at radius 3 is 2.22 bits per heavy atom. The predicted octanol–water partition coefficient (Wildman–Crippen LogP) is -3.03. The van der Waals surface area contributed by atoms with Gasteiger partial charge in [-0.05, 0) is 0 Å². The Hall–Kier alpha value is -1.47. The lowest BCUT2D eigenvalue weighted by Crippen LogP contribution is -2.59. The Kier molecular flexibility index (Phi) is 8.85. The number of hydrogen-bond donors (Lipinski definition) is 7. The van der Waals surface area contributed by atoms with E-state index < -0.39 is 82.6 Å². The number of aliphatic hydroxyl groups excluding tert-OH is 1. The number of aromatic amines is 1. The zero-order chi connectivity index (χ0) is 27.9. The third-order valence-electron chi connectivity index (χ3n) is 3.81. The first-order valence-electron chi connectivity index (χ1n) is 8.65. The second-order valence-electron chi connectivity index (χ2n) is 6.55. The number of imidazole rings is 1. The molecule has 2 aromatic rings. The van der Waals surface area contributed by atoms with Gasteiger partial charge in [0.25, 0.3) is 5.56 Å². The molecule has 6 radical (unpaired) electrons. The van der Waals surface area contributed by atoms with Crippen LogP contribution >= 0.6 is 23.5 Å². The Bertz CT molecular complexity index is 1340. The van der Waals surface area contributed by atoms with Crippen molar-refractivity contribution in [3.63, 3.8) is 0 Å². The van der Waals surface area contributed by atoms with E-state index in [1.165, 1.54) is 0 Å². The van der Waals surface area contributed by atoms with E-state index in [0.717, 1.165) is 0 Å². The molecule has 0 spiro atoms. The molecule has 36 heavy (non-hydrogen) atoms. The van der Waals surface area contributed by atoms with Gasteiger partial charge in [-0.15, -0.1) is 0 Å². The van der Waals surface area contributed by atoms with E-state index in [-0.39, 0.29) is 0 Å². The number of nitrogens with one attached hydrogen (secondary N) is 1. The fourth-order valence-corrected chi connectivity index (χ4v) is 5.64. The number of nitrogens with two attached hydrogens (primary N) is 1. The number of aromatic nitrogens is 4. The number of aliphatic hydroxyl groups is 1. The largest absolute Gasteiger partial charge is 0.490 e. The molecule has 2 rings (SSSR count). The monoisotopic (exact) mass is 575 g/mol. The summed E-state index contributed by atoms with van der Waals surface area (Å²) in [5.74, 6) is -4.61. The first kappa shape index (κ1) is 30.8. The topological polar surface area (TPSA) is 279 Å². The van der Waals surface area contributed by atoms with Crippen LogP contribution in [0.3, 0.4) is 0 Å². The Morgan fingerprint density at radius 1 is 1.14 bits per heavy atom. The number of anilines is 1. The lowest BCUT2D eigenvalue weighted by Gasteiger charge is -2.41. The number of phosphoric ester groups is 1. The zero-order valence-corrected chi connectivity index (χ0v) is 19.9. The predicted molar refractivity (Wildman–Crippen MR) is 114 cm³/mol. The summed E-state index contributed by atoms with van der Waals surface area (Å²) < 4.78 is 79.4. The van der Waals surface area contributed by atoms with Crippen LogP contribution in [0, 0.1) is 0 Å². The van der Waals surface area contributed by atoms with Gasteiger partial charge in [0.05, 0.1) is 11.1 Å². The molecule has 4 atom stereocenters. The molecular formula is C10H13B3F2N5O13P3. The summed E-state index contributed by atoms with van der Waals surface area (Å²) >= 11 is 0. The van der Waals surface area contributed by atoms with Crippen molar-refractivity contribution in [3.8, 4) is 0 Å². The third-order valence-corrected chi connectivity index (χ3v) is 7.67. The number of nitrogen functional groups attached to an aromatic ring is 1. The van der Waals surface area contributed by atoms with E-state index in [2.05, 4.69) is 27.8 Å². The van der Waals surface area contributed by atoms with Crippen LogP contribution in [0.2, 0.25) is 0 Å². The van der Waals surface area contributed by atoms with E-state index in [9.17, 15) is 32.9 Å². The molecule has 2 heterocycles. The highest BCUT2D eigenvalue weighted by Gasteiger charge is 2.54. The fraction of sp³-hybridized carbons (Fsp3) is 0.500. The Balaban J connectivity index is 2.41. The van der Waals surface area contributed by atoms with Crippen LogP contribution in [-0.2, 0) is 31.6 Å². The number of H-pyrrole nitrogens is 1. The first-order valence-corrected chi connectivity index (χ1v) is 13.2. The van der Waals surface area contributed by atoms with Gasteiger partial charge in [-0.2, -0.15) is 13.6 Å². The summed E-state index contributed by atoms with van der Waals surface area (Å²) in [4.78, 5) is 57.0. The van der Waals surface area contributed by atoms with Crippen molar-refractivity contribution in [2.24, 2.45) is 0 Å². The second kappa shape index (κ2) is 10.4. The van der Waals surface area contributed by atoms with Gasteiger partial charge in [0.15, 0.2) is 25.2 Å². The fourth-order valence-electron chi connectivity index (χ4n) is 2.48. The normalized spacial score (nSPS) is 18.9. The van der Waals surface area contributed by atoms with Gasteiger partial charge in [-0.1, -0.05) is 0 Å². The van der Waals surface area contributed by atoms with Crippen LogP contribution in [0.25, 0.3) is 11.2 Å². The van der Waals surface area contributed by atoms with Gasteiger partial charge in [0.1, 0.15) is 29.0 Å². The molecule has 2 aromatic heterocycles. The van der Waals surface area contributed by atoms with Crippen LogP contribution in [0.4, 0.5) is 14.7 Å². The van der Waals surface area contributed by atoms with Gasteiger partial charge >= 0.3 is 23.5 Å². The number of halogens is 2. The van der Waals surface area contributed by atoms with Crippen LogP contribution in [0.1, 0.15) is 6.23 Å². The maximum atomic E-state index is 15.5. The van der Waals surface area contributed by atoms with Crippen LogP contribution in [0.5, 0.6) is 0 Å². The van der Waals surface area contributed by atoms with E-state index in [4.69, 9.17) is 44.0 Å². The molecule has 0 aliphatic heterocycles. The highest BCUT2D eigenvalue weighted by molar-refractivity contribution is 7.66. The van der Waals surface area contributed by atoms with Crippen molar-refractivity contribution in [3.05, 3.63) is 10.4 Å². The standard InChI is InChI=1S/C10H13B3F2N5O13P3/c11-7-17-4-5(18-8(16)19-6(4)22)20(7)3(1-14)30-9(15,2-21)10(12,13)31-35(26,27)33-36(28,29)32-34(23,24)25/h3,21H,1-2H2,(H,26,27)(H,28,29)(H2,23,24,25)(H3,16,18,19,22)/t3?,9-/m0/s1. The average Bonchev–Trinajstić information content (AvgIpc) is 2.98. The van der Waals surface area contributed by atoms with Gasteiger partial charge in [0, 0.05) is 0 Å². The van der Waals surface area contributed by atoms with Crippen LogP contribution in [-0.4, -0.2) is 92.3 Å². The van der Waals surface area contributed by atoms with E-state index in [0.29, 0.717) is 4.57 Å². The summed E-state index contributed by atoms with van der Waals surface area (Å²) in [6, 6.07) is 0. The third kappa shape index (κ3) is 7.09. The van der Waals surface area contributed by atoms with Gasteiger partial charge < -0.3 is 35.2 Å². The number of fused-ring (bicyclic) bond motifs is 1. The summed E-state index contributed by atoms with van der Waals surface area (Å²) in [5, 5.41) is 5.61. The van der Waals surface area contributed by atoms with E-state index in [1.807, 2.05) is 4.98 Å². The lowest BCUT2D eigenvalue weighted by molar-refractivity contribution is -0.256. The van der Waals surface area contributed by atoms with Gasteiger partial charge in [-0.3, -0.25) is 18.9 Å². The molecule has 18 nitrogen and oxygen atoms in total. The van der Waals surface area contributed by atoms with Gasteiger partial charge in [-0.25, -0.2) is 27.5 Å². The van der Waals surface area contributed by atoms with Crippen molar-refractivity contribution < 1.29 is 65.0 Å². The number of phosphoric acid groups is 3. The van der Waals surface area contributed by atoms with Gasteiger partial charge in [0.2, 0.25) is 11.8 Å². The molecular weight excluding hydrogens is 561 g/mol.